The molecule has 4 nitrogen and oxygen atoms in total. The first kappa shape index (κ1) is 14.0. The van der Waals surface area contributed by atoms with E-state index in [1.165, 1.54) is 10.6 Å². The molecule has 1 aliphatic rings. The van der Waals surface area contributed by atoms with Crippen LogP contribution in [-0.2, 0) is 16.0 Å². The summed E-state index contributed by atoms with van der Waals surface area (Å²) in [5, 5.41) is 11.2. The minimum absolute atomic E-state index is 0.171. The van der Waals surface area contributed by atoms with Crippen molar-refractivity contribution < 1.29 is 14.7 Å². The zero-order valence-corrected chi connectivity index (χ0v) is 11.7. The number of rotatable bonds is 2. The molecular weight excluding hydrogens is 242 g/mol. The molecule has 0 fully saturated rings. The van der Waals surface area contributed by atoms with Crippen molar-refractivity contribution in [2.75, 3.05) is 6.54 Å². The summed E-state index contributed by atoms with van der Waals surface area (Å²) < 4.78 is 5.33. The van der Waals surface area contributed by atoms with Gasteiger partial charge in [0.25, 0.3) is 0 Å². The molecule has 1 aliphatic heterocycles. The minimum Gasteiger partial charge on any atom is -0.460 e. The lowest BCUT2D eigenvalue weighted by atomic mass is 9.92. The van der Waals surface area contributed by atoms with Crippen LogP contribution in [0.25, 0.3) is 0 Å². The van der Waals surface area contributed by atoms with Crippen molar-refractivity contribution >= 4 is 5.97 Å². The highest BCUT2D eigenvalue weighted by atomic mass is 16.6. The van der Waals surface area contributed by atoms with Gasteiger partial charge in [0.1, 0.15) is 5.60 Å². The van der Waals surface area contributed by atoms with Crippen molar-refractivity contribution in [3.05, 3.63) is 35.4 Å². The number of hydrogen-bond acceptors (Lipinski definition) is 4. The van der Waals surface area contributed by atoms with Crippen LogP contribution in [0.1, 0.15) is 44.4 Å². The first-order valence-corrected chi connectivity index (χ1v) is 6.62. The maximum Gasteiger partial charge on any atom is 0.308 e. The molecule has 0 spiro atoms. The molecule has 0 amide bonds. The summed E-state index contributed by atoms with van der Waals surface area (Å²) in [6.45, 7) is 6.08. The average Bonchev–Trinajstić information content (AvgIpc) is 2.31. The predicted octanol–water partition coefficient (Wildman–Crippen LogP) is 2.71. The van der Waals surface area contributed by atoms with Gasteiger partial charge < -0.3 is 9.94 Å². The quantitative estimate of drug-likeness (QED) is 0.833. The first-order chi connectivity index (χ1) is 8.87. The summed E-state index contributed by atoms with van der Waals surface area (Å²) >= 11 is 0. The van der Waals surface area contributed by atoms with Crippen LogP contribution in [0.3, 0.4) is 0 Å². The van der Waals surface area contributed by atoms with Crippen LogP contribution in [0.5, 0.6) is 0 Å². The number of nitrogens with zero attached hydrogens (tertiary/aromatic N) is 1. The molecule has 0 radical (unpaired) electrons. The van der Waals surface area contributed by atoms with Gasteiger partial charge in [-0.05, 0) is 38.3 Å². The Morgan fingerprint density at radius 2 is 2.11 bits per heavy atom. The SMILES string of the molecule is CC(C)(C)OC(=O)CC1c2ccccc2CCN1O. The second-order valence-corrected chi connectivity index (χ2v) is 5.92. The van der Waals surface area contributed by atoms with Gasteiger partial charge in [-0.25, -0.2) is 0 Å². The monoisotopic (exact) mass is 263 g/mol. The molecular formula is C15H21NO3. The van der Waals surface area contributed by atoms with E-state index < -0.39 is 5.60 Å². The molecule has 1 heterocycles. The van der Waals surface area contributed by atoms with E-state index in [0.717, 1.165) is 12.0 Å². The molecule has 0 saturated carbocycles. The highest BCUT2D eigenvalue weighted by Crippen LogP contribution is 2.31. The molecule has 1 aromatic carbocycles. The summed E-state index contributed by atoms with van der Waals surface area (Å²) in [6.07, 6.45) is 0.974. The van der Waals surface area contributed by atoms with Gasteiger partial charge >= 0.3 is 5.97 Å². The van der Waals surface area contributed by atoms with Crippen molar-refractivity contribution in [1.29, 1.82) is 0 Å². The van der Waals surface area contributed by atoms with Crippen LogP contribution in [0.4, 0.5) is 0 Å². The Labute approximate surface area is 113 Å². The van der Waals surface area contributed by atoms with Gasteiger partial charge in [0, 0.05) is 6.54 Å². The third kappa shape index (κ3) is 3.55. The zero-order chi connectivity index (χ0) is 14.0. The van der Waals surface area contributed by atoms with Crippen LogP contribution in [0, 0.1) is 0 Å². The lowest BCUT2D eigenvalue weighted by molar-refractivity contribution is -0.168. The average molecular weight is 263 g/mol. The summed E-state index contributed by atoms with van der Waals surface area (Å²) in [5.41, 5.74) is 1.72. The standard InChI is InChI=1S/C15H21NO3/c1-15(2,3)19-14(17)10-13-12-7-5-4-6-11(12)8-9-16(13)18/h4-7,13,18H,8-10H2,1-3H3. The van der Waals surface area contributed by atoms with E-state index in [4.69, 9.17) is 4.74 Å². The highest BCUT2D eigenvalue weighted by Gasteiger charge is 2.29. The van der Waals surface area contributed by atoms with Crippen LogP contribution in [0.2, 0.25) is 0 Å². The Morgan fingerprint density at radius 1 is 1.42 bits per heavy atom. The zero-order valence-electron chi connectivity index (χ0n) is 11.7. The Morgan fingerprint density at radius 3 is 2.79 bits per heavy atom. The third-order valence-electron chi connectivity index (χ3n) is 3.16. The van der Waals surface area contributed by atoms with Gasteiger partial charge in [-0.3, -0.25) is 4.79 Å². The molecule has 1 unspecified atom stereocenters. The Balaban J connectivity index is 2.13. The Bertz CT molecular complexity index is 465. The van der Waals surface area contributed by atoms with E-state index >= 15 is 0 Å². The van der Waals surface area contributed by atoms with E-state index in [1.807, 2.05) is 45.0 Å². The van der Waals surface area contributed by atoms with Crippen molar-refractivity contribution in [2.45, 2.75) is 45.3 Å². The molecule has 2 rings (SSSR count). The fourth-order valence-corrected chi connectivity index (χ4v) is 2.39. The number of hydrogen-bond donors (Lipinski definition) is 1. The lowest BCUT2D eigenvalue weighted by Crippen LogP contribution is -2.35. The molecule has 0 aromatic heterocycles. The summed E-state index contributed by atoms with van der Waals surface area (Å²) in [4.78, 5) is 11.9. The van der Waals surface area contributed by atoms with Gasteiger partial charge in [0.15, 0.2) is 0 Å². The van der Waals surface area contributed by atoms with Gasteiger partial charge in [0.2, 0.25) is 0 Å². The first-order valence-electron chi connectivity index (χ1n) is 6.62. The van der Waals surface area contributed by atoms with E-state index in [2.05, 4.69) is 0 Å². The summed E-state index contributed by atoms with van der Waals surface area (Å²) in [6, 6.07) is 7.62. The molecule has 1 N–H and O–H groups in total. The molecule has 0 aliphatic carbocycles. The number of benzene rings is 1. The molecule has 1 aromatic rings. The number of carbonyl (C=O) groups is 1. The number of carbonyl (C=O) groups excluding carboxylic acids is 1. The fraction of sp³-hybridized carbons (Fsp3) is 0.533. The van der Waals surface area contributed by atoms with Crippen LogP contribution >= 0.6 is 0 Å². The summed E-state index contributed by atoms with van der Waals surface area (Å²) in [5.74, 6) is -0.284. The van der Waals surface area contributed by atoms with Crippen LogP contribution < -0.4 is 0 Å². The second kappa shape index (κ2) is 5.31. The Kier molecular flexibility index (Phi) is 3.92. The largest absolute Gasteiger partial charge is 0.460 e. The van der Waals surface area contributed by atoms with Gasteiger partial charge in [0.05, 0.1) is 12.5 Å². The molecule has 0 saturated heterocycles. The predicted molar refractivity (Wildman–Crippen MR) is 71.8 cm³/mol. The number of esters is 1. The molecule has 104 valence electrons. The molecule has 4 heteroatoms. The smallest absolute Gasteiger partial charge is 0.308 e. The second-order valence-electron chi connectivity index (χ2n) is 5.92. The fourth-order valence-electron chi connectivity index (χ4n) is 2.39. The van der Waals surface area contributed by atoms with Gasteiger partial charge in [-0.2, -0.15) is 5.06 Å². The minimum atomic E-state index is -0.494. The van der Waals surface area contributed by atoms with Gasteiger partial charge in [-0.1, -0.05) is 24.3 Å². The van der Waals surface area contributed by atoms with Gasteiger partial charge in [-0.15, -0.1) is 0 Å². The molecule has 1 atom stereocenters. The highest BCUT2D eigenvalue weighted by molar-refractivity contribution is 5.71. The number of ether oxygens (including phenoxy) is 1. The van der Waals surface area contributed by atoms with Crippen molar-refractivity contribution in [1.82, 2.24) is 5.06 Å². The van der Waals surface area contributed by atoms with E-state index in [-0.39, 0.29) is 18.4 Å². The van der Waals surface area contributed by atoms with Crippen molar-refractivity contribution in [3.8, 4) is 0 Å². The lowest BCUT2D eigenvalue weighted by Gasteiger charge is -2.32. The van der Waals surface area contributed by atoms with Crippen LogP contribution in [-0.4, -0.2) is 28.4 Å². The summed E-state index contributed by atoms with van der Waals surface area (Å²) in [7, 11) is 0. The number of hydroxylamine groups is 2. The van der Waals surface area contributed by atoms with E-state index in [9.17, 15) is 10.0 Å². The van der Waals surface area contributed by atoms with E-state index in [1.54, 1.807) is 0 Å². The third-order valence-corrected chi connectivity index (χ3v) is 3.16. The molecule has 19 heavy (non-hydrogen) atoms. The maximum absolute atomic E-state index is 11.9. The van der Waals surface area contributed by atoms with Crippen LogP contribution in [0.15, 0.2) is 24.3 Å². The van der Waals surface area contributed by atoms with E-state index in [0.29, 0.717) is 6.54 Å². The Hall–Kier alpha value is -1.39. The molecule has 0 bridgehead atoms. The van der Waals surface area contributed by atoms with Crippen molar-refractivity contribution in [3.63, 3.8) is 0 Å². The topological polar surface area (TPSA) is 49.8 Å². The maximum atomic E-state index is 11.9. The number of fused-ring (bicyclic) bond motifs is 1. The normalized spacial score (nSPS) is 19.9. The van der Waals surface area contributed by atoms with Crippen molar-refractivity contribution in [2.24, 2.45) is 0 Å².